The van der Waals surface area contributed by atoms with Crippen LogP contribution in [0.2, 0.25) is 56.4 Å². The first-order valence-electron chi connectivity index (χ1n) is 17.1. The van der Waals surface area contributed by atoms with Gasteiger partial charge in [0.25, 0.3) is 0 Å². The number of aromatic nitrogens is 3. The highest BCUT2D eigenvalue weighted by molar-refractivity contribution is 14.1. The average Bonchev–Trinajstić information content (AvgIpc) is 3.35. The van der Waals surface area contributed by atoms with Crippen LogP contribution in [0.4, 0.5) is 29.1 Å². The van der Waals surface area contributed by atoms with Gasteiger partial charge in [-0.15, -0.1) is 0 Å². The van der Waals surface area contributed by atoms with Gasteiger partial charge in [0.1, 0.15) is 16.2 Å². The maximum atomic E-state index is 15.7. The summed E-state index contributed by atoms with van der Waals surface area (Å²) in [5.41, 5.74) is 1.04. The number of hydrogen-bond acceptors (Lipinski definition) is 8. The van der Waals surface area contributed by atoms with Crippen LogP contribution in [0.5, 0.6) is 5.75 Å². The van der Waals surface area contributed by atoms with Gasteiger partial charge in [0.15, 0.2) is 18.4 Å². The number of rotatable bonds is 18. The number of ether oxygens (including phenoxy) is 3. The second-order valence-electron chi connectivity index (χ2n) is 15.5. The van der Waals surface area contributed by atoms with E-state index in [1.54, 1.807) is 28.9 Å². The first-order chi connectivity index (χ1) is 24.9. The van der Waals surface area contributed by atoms with Crippen LogP contribution in [0.15, 0.2) is 36.4 Å². The molecule has 0 fully saturated rings. The Morgan fingerprint density at radius 3 is 2.24 bits per heavy atom. The predicted octanol–water partition coefficient (Wildman–Crippen LogP) is 9.61. The molecule has 2 aromatic heterocycles. The summed E-state index contributed by atoms with van der Waals surface area (Å²) in [5, 5.41) is 8.80. The van der Waals surface area contributed by atoms with Gasteiger partial charge >= 0.3 is 6.18 Å². The van der Waals surface area contributed by atoms with Crippen LogP contribution in [0.1, 0.15) is 11.1 Å². The Kier molecular flexibility index (Phi) is 14.5. The van der Waals surface area contributed by atoms with Crippen molar-refractivity contribution in [3.05, 3.63) is 62.1 Å². The molecule has 0 spiro atoms. The summed E-state index contributed by atoms with van der Waals surface area (Å²) in [6.07, 6.45) is -4.94. The molecular weight excluding hydrogens is 897 g/mol. The minimum atomic E-state index is -4.64. The molecule has 19 heteroatoms. The van der Waals surface area contributed by atoms with Crippen LogP contribution < -0.4 is 14.4 Å². The fourth-order valence-electron chi connectivity index (χ4n) is 5.25. The van der Waals surface area contributed by atoms with E-state index in [1.165, 1.54) is 7.05 Å². The van der Waals surface area contributed by atoms with Gasteiger partial charge in [-0.3, -0.25) is 4.31 Å². The zero-order chi connectivity index (χ0) is 40.2. The number of alkyl halides is 3. The Hall–Kier alpha value is -2.50. The van der Waals surface area contributed by atoms with E-state index < -0.39 is 44.6 Å². The third-order valence-electron chi connectivity index (χ3n) is 8.34. The van der Waals surface area contributed by atoms with Crippen molar-refractivity contribution in [1.29, 1.82) is 0 Å². The lowest BCUT2D eigenvalue weighted by molar-refractivity contribution is -0.127. The fraction of sp³-hybridized carbons (Fsp3) is 0.486. The molecule has 298 valence electrons. The van der Waals surface area contributed by atoms with Crippen molar-refractivity contribution in [1.82, 2.24) is 14.8 Å². The van der Waals surface area contributed by atoms with E-state index in [2.05, 4.69) is 49.7 Å². The van der Waals surface area contributed by atoms with Crippen molar-refractivity contribution in [2.75, 3.05) is 42.9 Å². The zero-order valence-corrected chi connectivity index (χ0v) is 37.4. The van der Waals surface area contributed by atoms with Crippen molar-refractivity contribution in [2.45, 2.75) is 77.2 Å². The molecule has 2 aromatic carbocycles. The van der Waals surface area contributed by atoms with Gasteiger partial charge in [0.2, 0.25) is 10.0 Å². The van der Waals surface area contributed by atoms with Crippen LogP contribution in [-0.2, 0) is 39.2 Å². The summed E-state index contributed by atoms with van der Waals surface area (Å²) >= 11 is 8.36. The number of benzene rings is 2. The Labute approximate surface area is 335 Å². The second-order valence-corrected chi connectivity index (χ2v) is 30.2. The van der Waals surface area contributed by atoms with Crippen molar-refractivity contribution < 1.29 is 40.2 Å². The molecule has 0 saturated carbocycles. The number of hydrogen-bond donors (Lipinski definition) is 1. The van der Waals surface area contributed by atoms with E-state index in [4.69, 9.17) is 30.8 Å². The Morgan fingerprint density at radius 2 is 1.63 bits per heavy atom. The lowest BCUT2D eigenvalue weighted by Gasteiger charge is -2.21. The largest absolute Gasteiger partial charge is 0.464 e. The van der Waals surface area contributed by atoms with E-state index in [0.717, 1.165) is 34.8 Å². The van der Waals surface area contributed by atoms with E-state index >= 15 is 4.39 Å². The lowest BCUT2D eigenvalue weighted by atomic mass is 9.99. The first-order valence-corrected chi connectivity index (χ1v) is 27.8. The van der Waals surface area contributed by atoms with Crippen LogP contribution in [-0.4, -0.2) is 78.8 Å². The molecule has 0 amide bonds. The van der Waals surface area contributed by atoms with Crippen LogP contribution in [0.3, 0.4) is 0 Å². The number of halogens is 6. The van der Waals surface area contributed by atoms with E-state index in [9.17, 15) is 21.6 Å². The smallest absolute Gasteiger partial charge is 0.393 e. The maximum Gasteiger partial charge on any atom is 0.393 e. The summed E-state index contributed by atoms with van der Waals surface area (Å²) < 4.78 is 103. The standard InChI is InChI=1S/C35H47ClF4IN5O5SSi2/c1-45(52(2,47)48)29-10-9-25(36)15-24(29)20-42-34-32-30(46(44-33(32)41)21-49-11-13-53(3,4)5)18-28(43-34)26-17-27(37)31(16-23(26)19-35(38,39)40)51-22-50-12-14-54(6,7)8/h9-10,15-18H,11-14,19-22H2,1-8H3,(H,42,43). The predicted molar refractivity (Wildman–Crippen MR) is 221 cm³/mol. The molecule has 4 rings (SSSR count). The number of nitrogens with zero attached hydrogens (tertiary/aromatic N) is 4. The van der Waals surface area contributed by atoms with Gasteiger partial charge in [0, 0.05) is 53.5 Å². The third-order valence-corrected chi connectivity index (χ3v) is 13.9. The van der Waals surface area contributed by atoms with Gasteiger partial charge in [-0.1, -0.05) is 50.9 Å². The van der Waals surface area contributed by atoms with Gasteiger partial charge in [0.05, 0.1) is 35.0 Å². The van der Waals surface area contributed by atoms with E-state index in [-0.39, 0.29) is 48.5 Å². The molecule has 0 saturated heterocycles. The molecule has 54 heavy (non-hydrogen) atoms. The zero-order valence-electron chi connectivity index (χ0n) is 31.6. The number of fused-ring (bicyclic) bond motifs is 1. The van der Waals surface area contributed by atoms with E-state index in [0.29, 0.717) is 44.1 Å². The summed E-state index contributed by atoms with van der Waals surface area (Å²) in [6, 6.07) is 10.1. The maximum absolute atomic E-state index is 15.7. The van der Waals surface area contributed by atoms with Crippen molar-refractivity contribution >= 4 is 82.8 Å². The van der Waals surface area contributed by atoms with Crippen LogP contribution in [0, 0.1) is 9.52 Å². The Bertz CT molecular complexity index is 2060. The summed E-state index contributed by atoms with van der Waals surface area (Å²) in [4.78, 5) is 4.74. The second kappa shape index (κ2) is 17.7. The lowest BCUT2D eigenvalue weighted by Crippen LogP contribution is -2.26. The molecule has 2 heterocycles. The third kappa shape index (κ3) is 12.8. The van der Waals surface area contributed by atoms with Crippen LogP contribution >= 0.6 is 34.2 Å². The highest BCUT2D eigenvalue weighted by Gasteiger charge is 2.31. The molecule has 0 unspecified atom stereocenters. The molecule has 0 bridgehead atoms. The molecule has 10 nitrogen and oxygen atoms in total. The molecule has 0 aliphatic rings. The molecule has 0 aliphatic heterocycles. The van der Waals surface area contributed by atoms with Crippen molar-refractivity contribution in [3.63, 3.8) is 0 Å². The number of sulfonamides is 1. The van der Waals surface area contributed by atoms with Crippen molar-refractivity contribution in [3.8, 4) is 17.0 Å². The Morgan fingerprint density at radius 1 is 0.981 bits per heavy atom. The average molecular weight is 944 g/mol. The molecule has 4 aromatic rings. The number of anilines is 2. The monoisotopic (exact) mass is 943 g/mol. The van der Waals surface area contributed by atoms with Gasteiger partial charge < -0.3 is 19.5 Å². The van der Waals surface area contributed by atoms with Gasteiger partial charge in [-0.2, -0.15) is 18.3 Å². The van der Waals surface area contributed by atoms with E-state index in [1.807, 2.05) is 22.6 Å². The molecule has 0 atom stereocenters. The summed E-state index contributed by atoms with van der Waals surface area (Å²) in [5.74, 6) is -1.03. The molecule has 0 radical (unpaired) electrons. The highest BCUT2D eigenvalue weighted by atomic mass is 127. The minimum Gasteiger partial charge on any atom is -0.464 e. The highest BCUT2D eigenvalue weighted by Crippen LogP contribution is 2.38. The van der Waals surface area contributed by atoms with Gasteiger partial charge in [-0.05, 0) is 82.2 Å². The molecule has 1 N–H and O–H groups in total. The number of nitrogens with one attached hydrogen (secondary N) is 1. The van der Waals surface area contributed by atoms with Gasteiger partial charge in [-0.25, -0.2) is 22.5 Å². The van der Waals surface area contributed by atoms with Crippen molar-refractivity contribution in [2.24, 2.45) is 0 Å². The quantitative estimate of drug-likeness (QED) is 0.0346. The summed E-state index contributed by atoms with van der Waals surface area (Å²) in [7, 11) is -5.03. The van der Waals surface area contributed by atoms with Crippen LogP contribution in [0.25, 0.3) is 22.2 Å². The molecular formula is C35H47ClF4IN5O5SSi2. The SMILES string of the molecule is CN(c1ccc(Cl)cc1CNc1nc(-c2cc(F)c(OCOCC[Si](C)(C)C)cc2CC(F)(F)F)cc2c1c(I)nn2COCC[Si](C)(C)C)S(C)(=O)=O. The Balaban J connectivity index is 1.82. The summed E-state index contributed by atoms with van der Waals surface area (Å²) in [6.45, 7) is 13.8. The normalized spacial score (nSPS) is 12.8. The first kappa shape index (κ1) is 44.2. The minimum absolute atomic E-state index is 0.0174. The topological polar surface area (TPSA) is 108 Å². The molecule has 0 aliphatic carbocycles. The number of pyridine rings is 1. The fourth-order valence-corrected chi connectivity index (χ4v) is 8.29.